The Hall–Kier alpha value is -4.52. The minimum Gasteiger partial charge on any atom is -0.384 e. The van der Waals surface area contributed by atoms with Crippen LogP contribution >= 0.6 is 0 Å². The molecule has 0 aliphatic heterocycles. The zero-order chi connectivity index (χ0) is 28.8. The Morgan fingerprint density at radius 2 is 1.59 bits per heavy atom. The standard InChI is InChI=1S/C26H38N10O3/c27-11-1-5-21(25(39)35-20(23(30)37)6-3-13-34-26(31)32)36-24(38)19(18-4-2-12-33-15-18)14-16-7-9-17(10-8-16)22(28)29/h2,4,7-10,12,15,19-21H,1,3,5-6,11,13-14,27H2,(H3,28,29)(H2,30,37)(H,35,39)(H,36,38)(H4,31,32,34)/t19?,20-,21-/m0/s1. The van der Waals surface area contributed by atoms with Gasteiger partial charge in [0.25, 0.3) is 0 Å². The third kappa shape index (κ3) is 10.4. The van der Waals surface area contributed by atoms with Crippen LogP contribution in [0.25, 0.3) is 0 Å². The van der Waals surface area contributed by atoms with Gasteiger partial charge in [0, 0.05) is 24.5 Å². The van der Waals surface area contributed by atoms with Crippen LogP contribution in [0.5, 0.6) is 0 Å². The quantitative estimate of drug-likeness (QED) is 0.0740. The van der Waals surface area contributed by atoms with Crippen LogP contribution in [0.4, 0.5) is 0 Å². The minimum absolute atomic E-state index is 0.0534. The first kappa shape index (κ1) is 30.7. The second-order valence-corrected chi connectivity index (χ2v) is 9.06. The van der Waals surface area contributed by atoms with Gasteiger partial charge in [0.05, 0.1) is 5.92 Å². The molecule has 0 radical (unpaired) electrons. The van der Waals surface area contributed by atoms with Gasteiger partial charge in [0.1, 0.15) is 17.9 Å². The molecule has 1 aromatic carbocycles. The number of amidine groups is 1. The number of carbonyl (C=O) groups is 3. The number of rotatable bonds is 16. The number of benzene rings is 1. The number of aromatic nitrogens is 1. The van der Waals surface area contributed by atoms with Crippen molar-refractivity contribution in [3.8, 4) is 0 Å². The fraction of sp³-hybridized carbons (Fsp3) is 0.385. The molecule has 0 aliphatic carbocycles. The molecule has 1 unspecified atom stereocenters. The molecule has 39 heavy (non-hydrogen) atoms. The molecule has 0 spiro atoms. The van der Waals surface area contributed by atoms with Crippen molar-refractivity contribution in [1.82, 2.24) is 15.6 Å². The Morgan fingerprint density at radius 1 is 0.923 bits per heavy atom. The molecule has 0 saturated carbocycles. The lowest BCUT2D eigenvalue weighted by Crippen LogP contribution is -2.53. The Bertz CT molecular complexity index is 1130. The number of amides is 3. The Morgan fingerprint density at radius 3 is 2.15 bits per heavy atom. The number of nitrogens with two attached hydrogens (primary N) is 5. The van der Waals surface area contributed by atoms with Crippen molar-refractivity contribution < 1.29 is 14.4 Å². The molecule has 3 atom stereocenters. The first-order chi connectivity index (χ1) is 18.6. The number of carbonyl (C=O) groups excluding carboxylic acids is 3. The largest absolute Gasteiger partial charge is 0.384 e. The zero-order valence-corrected chi connectivity index (χ0v) is 21.8. The molecule has 13 nitrogen and oxygen atoms in total. The number of nitrogen functional groups attached to an aromatic ring is 1. The van der Waals surface area contributed by atoms with Crippen molar-refractivity contribution >= 4 is 29.5 Å². The summed E-state index contributed by atoms with van der Waals surface area (Å²) < 4.78 is 0. The monoisotopic (exact) mass is 538 g/mol. The number of nitrogens with one attached hydrogen (secondary N) is 3. The highest BCUT2D eigenvalue weighted by atomic mass is 16.2. The van der Waals surface area contributed by atoms with E-state index < -0.39 is 29.8 Å². The van der Waals surface area contributed by atoms with E-state index >= 15 is 0 Å². The molecule has 3 amide bonds. The minimum atomic E-state index is -0.960. The van der Waals surface area contributed by atoms with Gasteiger partial charge in [-0.3, -0.25) is 29.8 Å². The lowest BCUT2D eigenvalue weighted by Gasteiger charge is -2.24. The summed E-state index contributed by atoms with van der Waals surface area (Å²) in [6.45, 7) is 0.585. The molecule has 1 heterocycles. The van der Waals surface area contributed by atoms with Crippen molar-refractivity contribution in [3.05, 3.63) is 65.5 Å². The van der Waals surface area contributed by atoms with E-state index in [1.54, 1.807) is 48.8 Å². The van der Waals surface area contributed by atoms with Gasteiger partial charge in [-0.25, -0.2) is 0 Å². The molecule has 0 saturated heterocycles. The summed E-state index contributed by atoms with van der Waals surface area (Å²) >= 11 is 0. The topological polar surface area (TPSA) is 254 Å². The molecule has 0 aliphatic rings. The van der Waals surface area contributed by atoms with Gasteiger partial charge < -0.3 is 39.3 Å². The molecule has 0 bridgehead atoms. The average molecular weight is 539 g/mol. The fourth-order valence-electron chi connectivity index (χ4n) is 3.92. The first-order valence-corrected chi connectivity index (χ1v) is 12.6. The van der Waals surface area contributed by atoms with E-state index in [1.165, 1.54) is 0 Å². The van der Waals surface area contributed by atoms with Gasteiger partial charge >= 0.3 is 0 Å². The predicted molar refractivity (Wildman–Crippen MR) is 149 cm³/mol. The van der Waals surface area contributed by atoms with Gasteiger partial charge in [-0.1, -0.05) is 30.3 Å². The van der Waals surface area contributed by atoms with E-state index in [4.69, 9.17) is 34.1 Å². The summed E-state index contributed by atoms with van der Waals surface area (Å²) in [5.74, 6) is -2.43. The normalized spacial score (nSPS) is 12.9. The zero-order valence-electron chi connectivity index (χ0n) is 21.8. The number of pyridine rings is 1. The molecule has 0 fully saturated rings. The molecule has 2 rings (SSSR count). The molecular weight excluding hydrogens is 500 g/mol. The summed E-state index contributed by atoms with van der Waals surface area (Å²) in [6.07, 6.45) is 4.89. The highest BCUT2D eigenvalue weighted by Crippen LogP contribution is 2.22. The van der Waals surface area contributed by atoms with Gasteiger partial charge in [0.2, 0.25) is 17.7 Å². The third-order valence-electron chi connectivity index (χ3n) is 6.04. The molecular formula is C26H38N10O3. The lowest BCUT2D eigenvalue weighted by molar-refractivity contribution is -0.132. The molecule has 13 N–H and O–H groups in total. The average Bonchev–Trinajstić information content (AvgIpc) is 2.91. The third-order valence-corrected chi connectivity index (χ3v) is 6.04. The number of aliphatic imine (C=N–C) groups is 1. The molecule has 210 valence electrons. The van der Waals surface area contributed by atoms with E-state index in [2.05, 4.69) is 20.6 Å². The Labute approximate surface area is 227 Å². The predicted octanol–water partition coefficient (Wildman–Crippen LogP) is -1.06. The molecule has 13 heteroatoms. The van der Waals surface area contributed by atoms with Gasteiger partial charge in [-0.05, 0) is 55.8 Å². The van der Waals surface area contributed by atoms with Gasteiger partial charge in [-0.15, -0.1) is 0 Å². The smallest absolute Gasteiger partial charge is 0.243 e. The van der Waals surface area contributed by atoms with Crippen LogP contribution in [0.2, 0.25) is 0 Å². The Balaban J connectivity index is 2.20. The number of guanidine groups is 1. The van der Waals surface area contributed by atoms with Crippen molar-refractivity contribution in [3.63, 3.8) is 0 Å². The first-order valence-electron chi connectivity index (χ1n) is 12.6. The van der Waals surface area contributed by atoms with Crippen LogP contribution in [0.15, 0.2) is 53.8 Å². The Kier molecular flexibility index (Phi) is 12.3. The van der Waals surface area contributed by atoms with Gasteiger partial charge in [0.15, 0.2) is 5.96 Å². The number of primary amides is 1. The second-order valence-electron chi connectivity index (χ2n) is 9.06. The number of hydrogen-bond donors (Lipinski definition) is 8. The maximum atomic E-state index is 13.6. The van der Waals surface area contributed by atoms with Crippen LogP contribution in [0.1, 0.15) is 48.3 Å². The number of hydrogen-bond acceptors (Lipinski definition) is 7. The summed E-state index contributed by atoms with van der Waals surface area (Å²) in [6, 6.07) is 8.63. The highest BCUT2D eigenvalue weighted by molar-refractivity contribution is 5.95. The van der Waals surface area contributed by atoms with E-state index in [9.17, 15) is 14.4 Å². The maximum absolute atomic E-state index is 13.6. The fourth-order valence-corrected chi connectivity index (χ4v) is 3.92. The van der Waals surface area contributed by atoms with Crippen molar-refractivity contribution in [1.29, 1.82) is 5.41 Å². The van der Waals surface area contributed by atoms with E-state index in [1.807, 2.05) is 0 Å². The molecule has 2 aromatic rings. The van der Waals surface area contributed by atoms with Crippen molar-refractivity contribution in [2.24, 2.45) is 33.7 Å². The number of nitrogens with zero attached hydrogens (tertiary/aromatic N) is 2. The molecule has 1 aromatic heterocycles. The second kappa shape index (κ2) is 15.7. The van der Waals surface area contributed by atoms with Gasteiger partial charge in [-0.2, -0.15) is 0 Å². The summed E-state index contributed by atoms with van der Waals surface area (Å²) in [5, 5.41) is 13.0. The van der Waals surface area contributed by atoms with E-state index in [0.717, 1.165) is 5.56 Å². The summed E-state index contributed by atoms with van der Waals surface area (Å²) in [4.78, 5) is 46.7. The van der Waals surface area contributed by atoms with E-state index in [-0.39, 0.29) is 37.1 Å². The SMILES string of the molecule is N=C(N)c1ccc(CC(C(=O)N[C@@H](CCCN)C(=O)N[C@@H](CCCN=C(N)N)C(N)=O)c2cccnc2)cc1. The summed E-state index contributed by atoms with van der Waals surface area (Å²) in [5.41, 5.74) is 29.4. The van der Waals surface area contributed by atoms with Crippen LogP contribution in [-0.2, 0) is 20.8 Å². The van der Waals surface area contributed by atoms with Crippen LogP contribution < -0.4 is 39.3 Å². The maximum Gasteiger partial charge on any atom is 0.243 e. The van der Waals surface area contributed by atoms with Crippen molar-refractivity contribution in [2.75, 3.05) is 13.1 Å². The van der Waals surface area contributed by atoms with Crippen LogP contribution in [0.3, 0.4) is 0 Å². The van der Waals surface area contributed by atoms with Crippen LogP contribution in [-0.4, -0.2) is 59.7 Å². The van der Waals surface area contributed by atoms with E-state index in [0.29, 0.717) is 36.9 Å². The summed E-state index contributed by atoms with van der Waals surface area (Å²) in [7, 11) is 0. The lowest BCUT2D eigenvalue weighted by atomic mass is 9.91. The van der Waals surface area contributed by atoms with Crippen molar-refractivity contribution in [2.45, 2.75) is 50.1 Å². The van der Waals surface area contributed by atoms with Crippen LogP contribution in [0, 0.1) is 5.41 Å². The highest BCUT2D eigenvalue weighted by Gasteiger charge is 2.29.